The maximum Gasteiger partial charge on any atom is 0.238 e. The van der Waals surface area contributed by atoms with Crippen LogP contribution in [0.3, 0.4) is 0 Å². The molecule has 0 aliphatic heterocycles. The van der Waals surface area contributed by atoms with Crippen LogP contribution >= 0.6 is 0 Å². The van der Waals surface area contributed by atoms with Crippen LogP contribution in [0.4, 0.5) is 5.69 Å². The van der Waals surface area contributed by atoms with Gasteiger partial charge >= 0.3 is 0 Å². The maximum atomic E-state index is 11.4. The largest absolute Gasteiger partial charge is 0.436 e. The number of amides is 1. The highest BCUT2D eigenvalue weighted by Crippen LogP contribution is 2.26. The normalized spacial score (nSPS) is 10.4. The Morgan fingerprint density at radius 1 is 1.27 bits per heavy atom. The Balaban J connectivity index is 1.92. The lowest BCUT2D eigenvalue weighted by Crippen LogP contribution is -2.09. The number of benzene rings is 2. The molecule has 1 aromatic heterocycles. The van der Waals surface area contributed by atoms with Gasteiger partial charge in [0.2, 0.25) is 11.8 Å². The van der Waals surface area contributed by atoms with Crippen LogP contribution in [0.5, 0.6) is 0 Å². The molecular weight excluding hydrogens is 278 g/mol. The van der Waals surface area contributed by atoms with Gasteiger partial charge in [0.05, 0.1) is 6.07 Å². The van der Waals surface area contributed by atoms with Gasteiger partial charge < -0.3 is 9.73 Å². The lowest BCUT2D eigenvalue weighted by Gasteiger charge is -2.01. The predicted octanol–water partition coefficient (Wildman–Crippen LogP) is 3.66. The molecule has 3 rings (SSSR count). The molecule has 0 fully saturated rings. The van der Waals surface area contributed by atoms with Crippen LogP contribution in [0.2, 0.25) is 0 Å². The van der Waals surface area contributed by atoms with Crippen molar-refractivity contribution in [1.82, 2.24) is 4.98 Å². The minimum absolute atomic E-state index is 0.178. The Morgan fingerprint density at radius 3 is 2.77 bits per heavy atom. The van der Waals surface area contributed by atoms with Crippen molar-refractivity contribution >= 4 is 22.7 Å². The van der Waals surface area contributed by atoms with Crippen molar-refractivity contribution in [2.24, 2.45) is 0 Å². The average molecular weight is 291 g/mol. The number of aryl methyl sites for hydroxylation is 1. The summed E-state index contributed by atoms with van der Waals surface area (Å²) in [4.78, 5) is 15.9. The number of nitrogens with zero attached hydrogens (tertiary/aromatic N) is 2. The Hall–Kier alpha value is -3.13. The number of hydrogen-bond acceptors (Lipinski definition) is 4. The standard InChI is InChI=1S/C17H13N3O2/c1-11-2-4-12(5-3-11)17-20-14-7-6-13(10-15(14)22-17)19-16(21)8-9-18/h2-7,10H,8H2,1H3,(H,19,21). The maximum absolute atomic E-state index is 11.4. The van der Waals surface area contributed by atoms with Gasteiger partial charge in [-0.3, -0.25) is 4.79 Å². The van der Waals surface area contributed by atoms with E-state index in [1.54, 1.807) is 18.2 Å². The highest BCUT2D eigenvalue weighted by Gasteiger charge is 2.09. The number of rotatable bonds is 3. The summed E-state index contributed by atoms with van der Waals surface area (Å²) >= 11 is 0. The highest BCUT2D eigenvalue weighted by molar-refractivity contribution is 5.94. The van der Waals surface area contributed by atoms with Gasteiger partial charge in [0, 0.05) is 17.3 Å². The van der Waals surface area contributed by atoms with Gasteiger partial charge in [-0.25, -0.2) is 4.98 Å². The first-order valence-electron chi connectivity index (χ1n) is 6.80. The summed E-state index contributed by atoms with van der Waals surface area (Å²) in [6.45, 7) is 2.02. The molecule has 0 aliphatic carbocycles. The SMILES string of the molecule is Cc1ccc(-c2nc3ccc(NC(=O)CC#N)cc3o2)cc1. The van der Waals surface area contributed by atoms with Gasteiger partial charge in [-0.2, -0.15) is 5.26 Å². The summed E-state index contributed by atoms with van der Waals surface area (Å²) in [7, 11) is 0. The average Bonchev–Trinajstić information content (AvgIpc) is 2.91. The van der Waals surface area contributed by atoms with E-state index in [0.29, 0.717) is 22.7 Å². The predicted molar refractivity (Wildman–Crippen MR) is 83.0 cm³/mol. The van der Waals surface area contributed by atoms with Crippen LogP contribution in [0.15, 0.2) is 46.9 Å². The van der Waals surface area contributed by atoms with E-state index in [2.05, 4.69) is 10.3 Å². The zero-order chi connectivity index (χ0) is 15.5. The molecule has 0 spiro atoms. The zero-order valence-electron chi connectivity index (χ0n) is 12.0. The van der Waals surface area contributed by atoms with E-state index >= 15 is 0 Å². The summed E-state index contributed by atoms with van der Waals surface area (Å²) in [5, 5.41) is 11.1. The van der Waals surface area contributed by atoms with E-state index in [0.717, 1.165) is 5.56 Å². The van der Waals surface area contributed by atoms with Crippen LogP contribution in [-0.2, 0) is 4.79 Å². The van der Waals surface area contributed by atoms with Crippen molar-refractivity contribution in [1.29, 1.82) is 5.26 Å². The van der Waals surface area contributed by atoms with E-state index in [-0.39, 0.29) is 12.3 Å². The van der Waals surface area contributed by atoms with Gasteiger partial charge in [-0.05, 0) is 31.2 Å². The van der Waals surface area contributed by atoms with Crippen molar-refractivity contribution in [2.75, 3.05) is 5.32 Å². The lowest BCUT2D eigenvalue weighted by molar-refractivity contribution is -0.115. The Kier molecular flexibility index (Phi) is 3.58. The minimum atomic E-state index is -0.347. The third-order valence-corrected chi connectivity index (χ3v) is 3.21. The second-order valence-corrected chi connectivity index (χ2v) is 4.95. The summed E-state index contributed by atoms with van der Waals surface area (Å²) in [6, 6.07) is 14.9. The molecular formula is C17H13N3O2. The number of aromatic nitrogens is 1. The Morgan fingerprint density at radius 2 is 2.05 bits per heavy atom. The van der Waals surface area contributed by atoms with Crippen LogP contribution in [0.1, 0.15) is 12.0 Å². The molecule has 22 heavy (non-hydrogen) atoms. The number of hydrogen-bond donors (Lipinski definition) is 1. The van der Waals surface area contributed by atoms with E-state index < -0.39 is 0 Å². The molecule has 108 valence electrons. The van der Waals surface area contributed by atoms with Gasteiger partial charge in [0.25, 0.3) is 0 Å². The van der Waals surface area contributed by atoms with Crippen molar-refractivity contribution in [3.8, 4) is 17.5 Å². The zero-order valence-corrected chi connectivity index (χ0v) is 12.0. The first kappa shape index (κ1) is 13.8. The molecule has 0 bridgehead atoms. The quantitative estimate of drug-likeness (QED) is 0.798. The second kappa shape index (κ2) is 5.70. The number of nitrogens with one attached hydrogen (secondary N) is 1. The van der Waals surface area contributed by atoms with E-state index in [1.165, 1.54) is 5.56 Å². The third kappa shape index (κ3) is 2.81. The molecule has 5 nitrogen and oxygen atoms in total. The highest BCUT2D eigenvalue weighted by atomic mass is 16.3. The van der Waals surface area contributed by atoms with Gasteiger partial charge in [-0.15, -0.1) is 0 Å². The summed E-state index contributed by atoms with van der Waals surface area (Å²) < 4.78 is 5.75. The molecule has 0 radical (unpaired) electrons. The molecule has 0 saturated heterocycles. The second-order valence-electron chi connectivity index (χ2n) is 4.95. The van der Waals surface area contributed by atoms with Crippen molar-refractivity contribution < 1.29 is 9.21 Å². The number of carbonyl (C=O) groups is 1. The molecule has 0 atom stereocenters. The number of carbonyl (C=O) groups excluding carboxylic acids is 1. The van der Waals surface area contributed by atoms with Gasteiger partial charge in [0.1, 0.15) is 11.9 Å². The molecule has 3 aromatic rings. The van der Waals surface area contributed by atoms with Gasteiger partial charge in [0.15, 0.2) is 5.58 Å². The van der Waals surface area contributed by atoms with Crippen LogP contribution in [0.25, 0.3) is 22.6 Å². The fraction of sp³-hybridized carbons (Fsp3) is 0.118. The van der Waals surface area contributed by atoms with Gasteiger partial charge in [-0.1, -0.05) is 17.7 Å². The summed E-state index contributed by atoms with van der Waals surface area (Å²) in [5.74, 6) is 0.190. The van der Waals surface area contributed by atoms with Crippen LogP contribution < -0.4 is 5.32 Å². The van der Waals surface area contributed by atoms with Crippen LogP contribution in [0, 0.1) is 18.3 Å². The first-order chi connectivity index (χ1) is 10.7. The summed E-state index contributed by atoms with van der Waals surface area (Å²) in [5.41, 5.74) is 3.96. The Labute approximate surface area is 127 Å². The monoisotopic (exact) mass is 291 g/mol. The molecule has 0 saturated carbocycles. The molecule has 0 aliphatic rings. The van der Waals surface area contributed by atoms with E-state index in [1.807, 2.05) is 37.3 Å². The Bertz CT molecular complexity index is 873. The molecule has 0 unspecified atom stereocenters. The number of oxazole rings is 1. The fourth-order valence-corrected chi connectivity index (χ4v) is 2.10. The number of nitriles is 1. The van der Waals surface area contributed by atoms with Crippen molar-refractivity contribution in [3.05, 3.63) is 48.0 Å². The minimum Gasteiger partial charge on any atom is -0.436 e. The molecule has 2 aromatic carbocycles. The number of fused-ring (bicyclic) bond motifs is 1. The first-order valence-corrected chi connectivity index (χ1v) is 6.80. The molecule has 1 heterocycles. The number of anilines is 1. The van der Waals surface area contributed by atoms with E-state index in [9.17, 15) is 4.79 Å². The van der Waals surface area contributed by atoms with E-state index in [4.69, 9.17) is 9.68 Å². The lowest BCUT2D eigenvalue weighted by atomic mass is 10.1. The topological polar surface area (TPSA) is 78.9 Å². The molecule has 1 amide bonds. The summed E-state index contributed by atoms with van der Waals surface area (Å²) in [6.07, 6.45) is -0.178. The smallest absolute Gasteiger partial charge is 0.238 e. The fourth-order valence-electron chi connectivity index (χ4n) is 2.10. The molecule has 5 heteroatoms. The van der Waals surface area contributed by atoms with Crippen molar-refractivity contribution in [3.63, 3.8) is 0 Å². The van der Waals surface area contributed by atoms with Crippen LogP contribution in [-0.4, -0.2) is 10.9 Å². The third-order valence-electron chi connectivity index (χ3n) is 3.21. The van der Waals surface area contributed by atoms with Crippen molar-refractivity contribution in [2.45, 2.75) is 13.3 Å². The molecule has 1 N–H and O–H groups in total.